The second-order valence-electron chi connectivity index (χ2n) is 5.00. The fraction of sp³-hybridized carbons (Fsp3) is 0.533. The number of carbonyl (C=O) groups excluding carboxylic acids is 1. The van der Waals surface area contributed by atoms with Gasteiger partial charge in [-0.2, -0.15) is 0 Å². The van der Waals surface area contributed by atoms with Gasteiger partial charge in [0.25, 0.3) is 0 Å². The third-order valence-corrected chi connectivity index (χ3v) is 3.27. The van der Waals surface area contributed by atoms with Crippen molar-refractivity contribution in [1.82, 2.24) is 5.32 Å². The van der Waals surface area contributed by atoms with E-state index in [2.05, 4.69) is 5.32 Å². The van der Waals surface area contributed by atoms with Gasteiger partial charge in [-0.15, -0.1) is 0 Å². The van der Waals surface area contributed by atoms with Crippen molar-refractivity contribution in [3.8, 4) is 0 Å². The molecule has 106 valence electrons. The van der Waals surface area contributed by atoms with Gasteiger partial charge in [0.15, 0.2) is 0 Å². The van der Waals surface area contributed by atoms with Gasteiger partial charge in [0.1, 0.15) is 6.10 Å². The molecule has 4 heteroatoms. The smallest absolute Gasteiger partial charge is 0.249 e. The van der Waals surface area contributed by atoms with Gasteiger partial charge in [-0.3, -0.25) is 4.79 Å². The van der Waals surface area contributed by atoms with Gasteiger partial charge < -0.3 is 15.2 Å². The lowest BCUT2D eigenvalue weighted by Crippen LogP contribution is -2.51. The summed E-state index contributed by atoms with van der Waals surface area (Å²) in [6.45, 7) is 5.77. The first kappa shape index (κ1) is 15.7. The molecule has 2 N–H and O–H groups in total. The zero-order chi connectivity index (χ0) is 14.3. The average Bonchev–Trinajstić information content (AvgIpc) is 2.45. The van der Waals surface area contributed by atoms with E-state index in [1.807, 2.05) is 44.2 Å². The summed E-state index contributed by atoms with van der Waals surface area (Å²) in [6, 6.07) is 9.71. The van der Waals surface area contributed by atoms with Gasteiger partial charge in [0.2, 0.25) is 5.91 Å². The normalized spacial score (nSPS) is 15.6. The quantitative estimate of drug-likeness (QED) is 0.791. The van der Waals surface area contributed by atoms with Crippen molar-refractivity contribution in [1.29, 1.82) is 0 Å². The highest BCUT2D eigenvalue weighted by Gasteiger charge is 2.26. The van der Waals surface area contributed by atoms with Crippen LogP contribution in [0.3, 0.4) is 0 Å². The van der Waals surface area contributed by atoms with Crippen LogP contribution < -0.4 is 5.32 Å². The molecule has 0 aliphatic rings. The van der Waals surface area contributed by atoms with Crippen molar-refractivity contribution in [3.05, 3.63) is 35.9 Å². The SMILES string of the molecule is CCC(C)(CO)NC(=O)C(C)OCc1ccccc1. The third-order valence-electron chi connectivity index (χ3n) is 3.27. The number of nitrogens with one attached hydrogen (secondary N) is 1. The van der Waals surface area contributed by atoms with Crippen LogP contribution in [-0.2, 0) is 16.1 Å². The molecule has 1 aromatic rings. The molecule has 0 radical (unpaired) electrons. The molecule has 1 aromatic carbocycles. The maximum Gasteiger partial charge on any atom is 0.249 e. The molecule has 0 spiro atoms. The van der Waals surface area contributed by atoms with E-state index in [1.165, 1.54) is 0 Å². The molecule has 2 atom stereocenters. The summed E-state index contributed by atoms with van der Waals surface area (Å²) in [5.41, 5.74) is 0.448. The Kier molecular flexibility index (Phi) is 5.99. The monoisotopic (exact) mass is 265 g/mol. The van der Waals surface area contributed by atoms with Gasteiger partial charge in [0.05, 0.1) is 18.8 Å². The largest absolute Gasteiger partial charge is 0.394 e. The highest BCUT2D eigenvalue weighted by molar-refractivity contribution is 5.81. The Bertz CT molecular complexity index is 388. The average molecular weight is 265 g/mol. The first-order valence-corrected chi connectivity index (χ1v) is 6.59. The van der Waals surface area contributed by atoms with Crippen LogP contribution in [0.2, 0.25) is 0 Å². The van der Waals surface area contributed by atoms with E-state index in [4.69, 9.17) is 4.74 Å². The highest BCUT2D eigenvalue weighted by Crippen LogP contribution is 2.09. The number of hydrogen-bond donors (Lipinski definition) is 2. The highest BCUT2D eigenvalue weighted by atomic mass is 16.5. The molecule has 0 bridgehead atoms. The van der Waals surface area contributed by atoms with Crippen LogP contribution in [0.15, 0.2) is 30.3 Å². The number of aliphatic hydroxyl groups excluding tert-OH is 1. The molecule has 0 aromatic heterocycles. The van der Waals surface area contributed by atoms with Crippen molar-refractivity contribution in [2.75, 3.05) is 6.61 Å². The molecule has 4 nitrogen and oxygen atoms in total. The molecule has 0 saturated heterocycles. The zero-order valence-electron chi connectivity index (χ0n) is 11.8. The second-order valence-corrected chi connectivity index (χ2v) is 5.00. The zero-order valence-corrected chi connectivity index (χ0v) is 11.8. The van der Waals surface area contributed by atoms with Gasteiger partial charge >= 0.3 is 0 Å². The van der Waals surface area contributed by atoms with Gasteiger partial charge in [-0.25, -0.2) is 0 Å². The van der Waals surface area contributed by atoms with E-state index in [1.54, 1.807) is 6.92 Å². The lowest BCUT2D eigenvalue weighted by molar-refractivity contribution is -0.135. The predicted octanol–water partition coefficient (Wildman–Crippen LogP) is 1.87. The molecule has 2 unspecified atom stereocenters. The Morgan fingerprint density at radius 3 is 2.58 bits per heavy atom. The number of benzene rings is 1. The van der Waals surface area contributed by atoms with Gasteiger partial charge in [0, 0.05) is 0 Å². The fourth-order valence-corrected chi connectivity index (χ4v) is 1.51. The summed E-state index contributed by atoms with van der Waals surface area (Å²) in [4.78, 5) is 12.0. The second kappa shape index (κ2) is 7.26. The maximum atomic E-state index is 12.0. The van der Waals surface area contributed by atoms with Crippen LogP contribution in [0.4, 0.5) is 0 Å². The van der Waals surface area contributed by atoms with E-state index in [-0.39, 0.29) is 12.5 Å². The van der Waals surface area contributed by atoms with Crippen LogP contribution in [0.1, 0.15) is 32.8 Å². The molecule has 0 aliphatic heterocycles. The Morgan fingerprint density at radius 2 is 2.05 bits per heavy atom. The van der Waals surface area contributed by atoms with E-state index in [0.717, 1.165) is 5.56 Å². The molecule has 0 fully saturated rings. The number of ether oxygens (including phenoxy) is 1. The van der Waals surface area contributed by atoms with Crippen molar-refractivity contribution < 1.29 is 14.6 Å². The molecule has 0 saturated carbocycles. The lowest BCUT2D eigenvalue weighted by atomic mass is 10.00. The first-order valence-electron chi connectivity index (χ1n) is 6.59. The summed E-state index contributed by atoms with van der Waals surface area (Å²) >= 11 is 0. The minimum atomic E-state index is -0.582. The molecule has 1 amide bonds. The number of hydrogen-bond acceptors (Lipinski definition) is 3. The summed E-state index contributed by atoms with van der Waals surface area (Å²) in [5.74, 6) is -0.200. The lowest BCUT2D eigenvalue weighted by Gasteiger charge is -2.28. The minimum absolute atomic E-state index is 0.0827. The third kappa shape index (κ3) is 5.01. The van der Waals surface area contributed by atoms with E-state index >= 15 is 0 Å². The van der Waals surface area contributed by atoms with Gasteiger partial charge in [-0.05, 0) is 25.8 Å². The van der Waals surface area contributed by atoms with E-state index < -0.39 is 11.6 Å². The van der Waals surface area contributed by atoms with Crippen LogP contribution >= 0.6 is 0 Å². The Morgan fingerprint density at radius 1 is 1.42 bits per heavy atom. The standard InChI is InChI=1S/C15H23NO3/c1-4-15(3,11-17)16-14(18)12(2)19-10-13-8-6-5-7-9-13/h5-9,12,17H,4,10-11H2,1-3H3,(H,16,18). The first-order chi connectivity index (χ1) is 9.00. The van der Waals surface area contributed by atoms with E-state index in [0.29, 0.717) is 13.0 Å². The Hall–Kier alpha value is -1.39. The van der Waals surface area contributed by atoms with E-state index in [9.17, 15) is 9.90 Å². The number of carbonyl (C=O) groups is 1. The Balaban J connectivity index is 2.45. The van der Waals surface area contributed by atoms with Crippen LogP contribution in [0, 0.1) is 0 Å². The predicted molar refractivity (Wildman–Crippen MR) is 74.6 cm³/mol. The number of aliphatic hydroxyl groups is 1. The van der Waals surface area contributed by atoms with Crippen molar-refractivity contribution in [2.24, 2.45) is 0 Å². The molecule has 1 rings (SSSR count). The van der Waals surface area contributed by atoms with Crippen molar-refractivity contribution in [3.63, 3.8) is 0 Å². The topological polar surface area (TPSA) is 58.6 Å². The molecule has 19 heavy (non-hydrogen) atoms. The summed E-state index contributed by atoms with van der Waals surface area (Å²) in [7, 11) is 0. The van der Waals surface area contributed by atoms with Crippen molar-refractivity contribution >= 4 is 5.91 Å². The minimum Gasteiger partial charge on any atom is -0.394 e. The fourth-order valence-electron chi connectivity index (χ4n) is 1.51. The molecular weight excluding hydrogens is 242 g/mol. The number of amides is 1. The van der Waals surface area contributed by atoms with Crippen molar-refractivity contribution in [2.45, 2.75) is 45.4 Å². The molecule has 0 aliphatic carbocycles. The summed E-state index contributed by atoms with van der Waals surface area (Å²) < 4.78 is 5.53. The molecule has 0 heterocycles. The van der Waals surface area contributed by atoms with Gasteiger partial charge in [-0.1, -0.05) is 37.3 Å². The van der Waals surface area contributed by atoms with Crippen LogP contribution in [0.5, 0.6) is 0 Å². The summed E-state index contributed by atoms with van der Waals surface area (Å²) in [5, 5.41) is 12.1. The number of rotatable bonds is 7. The maximum absolute atomic E-state index is 12.0. The van der Waals surface area contributed by atoms with Crippen LogP contribution in [0.25, 0.3) is 0 Å². The summed E-state index contributed by atoms with van der Waals surface area (Å²) in [6.07, 6.45) is 0.123. The molecular formula is C15H23NO3. The Labute approximate surface area is 114 Å². The van der Waals surface area contributed by atoms with Crippen LogP contribution in [-0.4, -0.2) is 29.3 Å².